The maximum atomic E-state index is 13.8. The van der Waals surface area contributed by atoms with E-state index < -0.39 is 11.6 Å². The highest BCUT2D eigenvalue weighted by molar-refractivity contribution is 5.84. The molecular formula is C26H29F2N7. The quantitative estimate of drug-likeness (QED) is 0.411. The van der Waals surface area contributed by atoms with E-state index >= 15 is 0 Å². The van der Waals surface area contributed by atoms with Gasteiger partial charge in [0.15, 0.2) is 11.6 Å². The van der Waals surface area contributed by atoms with Gasteiger partial charge in [0, 0.05) is 62.6 Å². The zero-order valence-corrected chi connectivity index (χ0v) is 19.9. The number of benzene rings is 1. The molecule has 5 rings (SSSR count). The average molecular weight is 478 g/mol. The number of hydrogen-bond acceptors (Lipinski definition) is 6. The van der Waals surface area contributed by atoms with Crippen LogP contribution < -0.4 is 5.32 Å². The fourth-order valence-corrected chi connectivity index (χ4v) is 4.46. The van der Waals surface area contributed by atoms with Crippen LogP contribution in [0.15, 0.2) is 48.8 Å². The summed E-state index contributed by atoms with van der Waals surface area (Å²) in [5.74, 6) is -1.80. The summed E-state index contributed by atoms with van der Waals surface area (Å²) in [4.78, 5) is 14.3. The number of nitrogens with zero attached hydrogens (tertiary/aromatic N) is 5. The van der Waals surface area contributed by atoms with Crippen molar-refractivity contribution >= 4 is 16.7 Å². The van der Waals surface area contributed by atoms with Crippen LogP contribution in [0.3, 0.4) is 0 Å². The van der Waals surface area contributed by atoms with Crippen molar-refractivity contribution in [3.63, 3.8) is 0 Å². The molecule has 2 N–H and O–H groups in total. The van der Waals surface area contributed by atoms with Crippen molar-refractivity contribution in [2.24, 2.45) is 0 Å². The molecule has 1 fully saturated rings. The van der Waals surface area contributed by atoms with E-state index in [1.807, 2.05) is 24.4 Å². The highest BCUT2D eigenvalue weighted by Crippen LogP contribution is 2.31. The fourth-order valence-electron chi connectivity index (χ4n) is 4.46. The van der Waals surface area contributed by atoms with E-state index in [2.05, 4.69) is 44.1 Å². The summed E-state index contributed by atoms with van der Waals surface area (Å²) >= 11 is 0. The summed E-state index contributed by atoms with van der Waals surface area (Å²) in [6.45, 7) is 10.7. The normalized spacial score (nSPS) is 15.2. The van der Waals surface area contributed by atoms with Crippen LogP contribution in [0.2, 0.25) is 0 Å². The lowest BCUT2D eigenvalue weighted by Gasteiger charge is -2.36. The second-order valence-corrected chi connectivity index (χ2v) is 9.13. The number of anilines is 1. The van der Waals surface area contributed by atoms with Crippen LogP contribution in [0.4, 0.5) is 14.5 Å². The Morgan fingerprint density at radius 3 is 2.60 bits per heavy atom. The minimum absolute atomic E-state index is 0.477. The Morgan fingerprint density at radius 2 is 1.83 bits per heavy atom. The lowest BCUT2D eigenvalue weighted by molar-refractivity contribution is 0.111. The molecule has 3 aromatic heterocycles. The topological polar surface area (TPSA) is 73.0 Å². The van der Waals surface area contributed by atoms with E-state index in [0.29, 0.717) is 28.6 Å². The molecule has 0 bridgehead atoms. The van der Waals surface area contributed by atoms with Gasteiger partial charge in [0.2, 0.25) is 0 Å². The Balaban J connectivity index is 1.29. The minimum atomic E-state index is -0.912. The SMILES string of the molecule is CC(C)N1CCN(CCNc2cnc3ccc(-c4c[nH]nc4-c4ccc(F)c(F)c4)nc3c2)CC1. The highest BCUT2D eigenvalue weighted by Gasteiger charge is 2.18. The lowest BCUT2D eigenvalue weighted by Crippen LogP contribution is -2.49. The van der Waals surface area contributed by atoms with Gasteiger partial charge in [-0.3, -0.25) is 19.9 Å². The maximum absolute atomic E-state index is 13.8. The smallest absolute Gasteiger partial charge is 0.159 e. The molecule has 0 unspecified atom stereocenters. The summed E-state index contributed by atoms with van der Waals surface area (Å²) in [6.07, 6.45) is 3.53. The van der Waals surface area contributed by atoms with Crippen LogP contribution >= 0.6 is 0 Å². The van der Waals surface area contributed by atoms with Crippen molar-refractivity contribution in [1.29, 1.82) is 0 Å². The fraction of sp³-hybridized carbons (Fsp3) is 0.346. The number of H-pyrrole nitrogens is 1. The van der Waals surface area contributed by atoms with Crippen LogP contribution in [0.5, 0.6) is 0 Å². The molecule has 0 radical (unpaired) electrons. The third-order valence-corrected chi connectivity index (χ3v) is 6.54. The monoisotopic (exact) mass is 477 g/mol. The Kier molecular flexibility index (Phi) is 6.70. The number of fused-ring (bicyclic) bond motifs is 1. The maximum Gasteiger partial charge on any atom is 0.159 e. The molecule has 7 nitrogen and oxygen atoms in total. The van der Waals surface area contributed by atoms with E-state index in [4.69, 9.17) is 4.98 Å². The number of hydrogen-bond donors (Lipinski definition) is 2. The summed E-state index contributed by atoms with van der Waals surface area (Å²) in [5, 5.41) is 10.5. The van der Waals surface area contributed by atoms with Crippen LogP contribution in [0.25, 0.3) is 33.5 Å². The first-order valence-corrected chi connectivity index (χ1v) is 11.9. The van der Waals surface area contributed by atoms with Gasteiger partial charge in [-0.1, -0.05) is 0 Å². The summed E-state index contributed by atoms with van der Waals surface area (Å²) in [5.41, 5.74) is 4.80. The van der Waals surface area contributed by atoms with E-state index in [1.54, 1.807) is 6.20 Å². The first kappa shape index (κ1) is 23.3. The second kappa shape index (κ2) is 10.1. The third kappa shape index (κ3) is 5.16. The lowest BCUT2D eigenvalue weighted by atomic mass is 10.0. The van der Waals surface area contributed by atoms with Crippen LogP contribution in [0.1, 0.15) is 13.8 Å². The van der Waals surface area contributed by atoms with E-state index in [-0.39, 0.29) is 0 Å². The predicted molar refractivity (Wildman–Crippen MR) is 134 cm³/mol. The summed E-state index contributed by atoms with van der Waals surface area (Å²) < 4.78 is 27.2. The van der Waals surface area contributed by atoms with Crippen molar-refractivity contribution in [1.82, 2.24) is 30.0 Å². The third-order valence-electron chi connectivity index (χ3n) is 6.54. The molecule has 0 saturated carbocycles. The number of pyridine rings is 2. The molecule has 9 heteroatoms. The number of nitrogens with one attached hydrogen (secondary N) is 2. The Labute approximate surface area is 203 Å². The van der Waals surface area contributed by atoms with Crippen LogP contribution in [-0.2, 0) is 0 Å². The summed E-state index contributed by atoms with van der Waals surface area (Å²) in [7, 11) is 0. The van der Waals surface area contributed by atoms with Gasteiger partial charge >= 0.3 is 0 Å². The molecular weight excluding hydrogens is 448 g/mol. The van der Waals surface area contributed by atoms with Crippen molar-refractivity contribution in [2.75, 3.05) is 44.6 Å². The van der Waals surface area contributed by atoms with Crippen LogP contribution in [0, 0.1) is 11.6 Å². The number of piperazine rings is 1. The molecule has 1 aliphatic rings. The molecule has 1 saturated heterocycles. The Bertz CT molecular complexity index is 1310. The van der Waals surface area contributed by atoms with Gasteiger partial charge in [0.05, 0.1) is 28.6 Å². The number of aromatic amines is 1. The largest absolute Gasteiger partial charge is 0.382 e. The van der Waals surface area contributed by atoms with Crippen molar-refractivity contribution in [3.05, 3.63) is 60.4 Å². The molecule has 182 valence electrons. The number of rotatable bonds is 7. The first-order chi connectivity index (χ1) is 17.0. The van der Waals surface area contributed by atoms with Gasteiger partial charge in [-0.2, -0.15) is 5.10 Å². The Morgan fingerprint density at radius 1 is 1.00 bits per heavy atom. The molecule has 4 heterocycles. The number of halogens is 2. The molecule has 0 spiro atoms. The van der Waals surface area contributed by atoms with Crippen molar-refractivity contribution < 1.29 is 8.78 Å². The van der Waals surface area contributed by atoms with Gasteiger partial charge < -0.3 is 5.32 Å². The molecule has 4 aromatic rings. The molecule has 35 heavy (non-hydrogen) atoms. The average Bonchev–Trinajstić information content (AvgIpc) is 3.36. The van der Waals surface area contributed by atoms with Gasteiger partial charge in [-0.05, 0) is 50.2 Å². The van der Waals surface area contributed by atoms with E-state index in [9.17, 15) is 8.78 Å². The Hall–Kier alpha value is -3.43. The summed E-state index contributed by atoms with van der Waals surface area (Å²) in [6, 6.07) is 10.1. The first-order valence-electron chi connectivity index (χ1n) is 11.9. The van der Waals surface area contributed by atoms with Gasteiger partial charge in [0.1, 0.15) is 5.69 Å². The molecule has 1 aliphatic heterocycles. The van der Waals surface area contributed by atoms with E-state index in [0.717, 1.165) is 68.1 Å². The molecule has 1 aromatic carbocycles. The zero-order chi connectivity index (χ0) is 24.4. The minimum Gasteiger partial charge on any atom is -0.382 e. The van der Waals surface area contributed by atoms with Crippen LogP contribution in [-0.4, -0.2) is 75.3 Å². The van der Waals surface area contributed by atoms with Crippen molar-refractivity contribution in [2.45, 2.75) is 19.9 Å². The number of aromatic nitrogens is 4. The molecule has 0 amide bonds. The van der Waals surface area contributed by atoms with Crippen molar-refractivity contribution in [3.8, 4) is 22.5 Å². The second-order valence-electron chi connectivity index (χ2n) is 9.13. The standard InChI is InChI=1S/C26H29F2N7/c1-17(2)35-11-9-34(10-12-35)8-7-29-19-14-25-24(30-15-19)6-5-23(32-25)20-16-31-33-26(20)18-3-4-21(27)22(28)13-18/h3-6,13-17,29H,7-12H2,1-2H3,(H,31,33). The zero-order valence-electron chi connectivity index (χ0n) is 19.9. The predicted octanol–water partition coefficient (Wildman–Crippen LogP) is 4.40. The molecule has 0 aliphatic carbocycles. The van der Waals surface area contributed by atoms with E-state index in [1.165, 1.54) is 6.07 Å². The van der Waals surface area contributed by atoms with Gasteiger partial charge in [0.25, 0.3) is 0 Å². The highest BCUT2D eigenvalue weighted by atomic mass is 19.2. The molecule has 0 atom stereocenters. The van der Waals surface area contributed by atoms with Gasteiger partial charge in [-0.15, -0.1) is 0 Å². The van der Waals surface area contributed by atoms with Gasteiger partial charge in [-0.25, -0.2) is 13.8 Å².